The lowest BCUT2D eigenvalue weighted by molar-refractivity contribution is -0.132. The van der Waals surface area contributed by atoms with Crippen LogP contribution in [-0.2, 0) is 4.79 Å². The molecule has 2 saturated heterocycles. The van der Waals surface area contributed by atoms with Crippen LogP contribution in [0.4, 0.5) is 0 Å². The number of hydrogen-bond donors (Lipinski definition) is 1. The number of likely N-dealkylation sites (tertiary alicyclic amines) is 2. The fourth-order valence-electron chi connectivity index (χ4n) is 5.67. The van der Waals surface area contributed by atoms with Crippen LogP contribution >= 0.6 is 0 Å². The van der Waals surface area contributed by atoms with Gasteiger partial charge in [-0.05, 0) is 61.2 Å². The Balaban J connectivity index is 1.23. The Hall–Kier alpha value is -3.88. The number of amides is 2. The van der Waals surface area contributed by atoms with E-state index in [1.165, 1.54) is 0 Å². The molecule has 2 aliphatic heterocycles. The van der Waals surface area contributed by atoms with E-state index in [0.29, 0.717) is 25.2 Å². The van der Waals surface area contributed by atoms with Gasteiger partial charge in [-0.1, -0.05) is 60.4 Å². The average molecular weight is 492 g/mol. The maximum absolute atomic E-state index is 13.4. The van der Waals surface area contributed by atoms with Gasteiger partial charge in [-0.25, -0.2) is 0 Å². The first-order valence-corrected chi connectivity index (χ1v) is 13.1. The molecule has 2 heterocycles. The van der Waals surface area contributed by atoms with E-state index in [9.17, 15) is 9.59 Å². The lowest BCUT2D eigenvalue weighted by Gasteiger charge is -2.40. The van der Waals surface area contributed by atoms with E-state index in [1.54, 1.807) is 0 Å². The summed E-state index contributed by atoms with van der Waals surface area (Å²) in [4.78, 5) is 30.7. The van der Waals surface area contributed by atoms with Crippen LogP contribution in [0, 0.1) is 17.3 Å². The fourth-order valence-corrected chi connectivity index (χ4v) is 5.67. The van der Waals surface area contributed by atoms with E-state index in [2.05, 4.69) is 11.8 Å². The second kappa shape index (κ2) is 11.0. The topological polar surface area (TPSA) is 66.6 Å². The standard InChI is InChI=1S/C32H33N3O2/c33-22-29(27-10-5-2-6-11-27)31(37)35-21-19-32(24-35)18-7-20-34(23-32)30(36)28-16-14-26(15-17-28)13-12-25-8-3-1-4-9-25/h1-6,8-11,14-17,29H,7,18-24,33H2. The SMILES string of the molecule is NCC(C(=O)N1CCC2(CCCN(C(=O)c3ccc(C#Cc4ccccc4)cc3)C2)C1)c1ccccc1. The predicted molar refractivity (Wildman–Crippen MR) is 146 cm³/mol. The summed E-state index contributed by atoms with van der Waals surface area (Å²) in [6.45, 7) is 3.14. The van der Waals surface area contributed by atoms with E-state index in [4.69, 9.17) is 5.73 Å². The number of benzene rings is 3. The molecule has 5 nitrogen and oxygen atoms in total. The van der Waals surface area contributed by atoms with Gasteiger partial charge in [-0.2, -0.15) is 0 Å². The van der Waals surface area contributed by atoms with Crippen molar-refractivity contribution in [2.75, 3.05) is 32.7 Å². The van der Waals surface area contributed by atoms with E-state index >= 15 is 0 Å². The Morgan fingerprint density at radius 2 is 1.41 bits per heavy atom. The Labute approximate surface area is 219 Å². The van der Waals surface area contributed by atoms with Crippen LogP contribution in [-0.4, -0.2) is 54.3 Å². The highest BCUT2D eigenvalue weighted by molar-refractivity contribution is 5.94. The van der Waals surface area contributed by atoms with Crippen molar-refractivity contribution in [3.8, 4) is 11.8 Å². The summed E-state index contributed by atoms with van der Waals surface area (Å²) in [5.74, 6) is 6.15. The molecule has 5 heteroatoms. The number of piperidine rings is 1. The zero-order valence-corrected chi connectivity index (χ0v) is 21.1. The van der Waals surface area contributed by atoms with E-state index in [0.717, 1.165) is 49.0 Å². The molecule has 2 unspecified atom stereocenters. The predicted octanol–water partition coefficient (Wildman–Crippen LogP) is 4.28. The molecule has 188 valence electrons. The molecule has 0 radical (unpaired) electrons. The Morgan fingerprint density at radius 3 is 2.08 bits per heavy atom. The van der Waals surface area contributed by atoms with Gasteiger partial charge in [0.05, 0.1) is 5.92 Å². The summed E-state index contributed by atoms with van der Waals surface area (Å²) in [7, 11) is 0. The normalized spacial score (nSPS) is 19.8. The molecular formula is C32H33N3O2. The first-order valence-electron chi connectivity index (χ1n) is 13.1. The second-order valence-electron chi connectivity index (χ2n) is 10.2. The Bertz CT molecular complexity index is 1290. The second-order valence-corrected chi connectivity index (χ2v) is 10.2. The van der Waals surface area contributed by atoms with Crippen molar-refractivity contribution in [3.05, 3.63) is 107 Å². The molecule has 1 spiro atoms. The lowest BCUT2D eigenvalue weighted by atomic mass is 9.79. The number of carbonyl (C=O) groups excluding carboxylic acids is 2. The number of nitrogens with two attached hydrogens (primary N) is 1. The van der Waals surface area contributed by atoms with Gasteiger partial charge in [0.2, 0.25) is 5.91 Å². The largest absolute Gasteiger partial charge is 0.341 e. The van der Waals surface area contributed by atoms with Crippen LogP contribution in [0.25, 0.3) is 0 Å². The highest BCUT2D eigenvalue weighted by Gasteiger charge is 2.44. The molecule has 2 fully saturated rings. The molecule has 2 N–H and O–H groups in total. The van der Waals surface area contributed by atoms with Gasteiger partial charge in [-0.15, -0.1) is 0 Å². The minimum absolute atomic E-state index is 0.0412. The van der Waals surface area contributed by atoms with Crippen LogP contribution in [0.5, 0.6) is 0 Å². The molecule has 2 aliphatic rings. The van der Waals surface area contributed by atoms with Crippen molar-refractivity contribution < 1.29 is 9.59 Å². The highest BCUT2D eigenvalue weighted by atomic mass is 16.2. The summed E-state index contributed by atoms with van der Waals surface area (Å²) in [5, 5.41) is 0. The minimum atomic E-state index is -0.318. The monoisotopic (exact) mass is 491 g/mol. The van der Waals surface area contributed by atoms with Crippen molar-refractivity contribution in [1.82, 2.24) is 9.80 Å². The zero-order valence-electron chi connectivity index (χ0n) is 21.1. The fraction of sp³-hybridized carbons (Fsp3) is 0.312. The van der Waals surface area contributed by atoms with Gasteiger partial charge >= 0.3 is 0 Å². The molecule has 2 amide bonds. The Kier molecular flexibility index (Phi) is 7.39. The van der Waals surface area contributed by atoms with Crippen molar-refractivity contribution >= 4 is 11.8 Å². The molecule has 3 aromatic carbocycles. The molecule has 37 heavy (non-hydrogen) atoms. The van der Waals surface area contributed by atoms with Crippen LogP contribution < -0.4 is 5.73 Å². The molecule has 0 aliphatic carbocycles. The van der Waals surface area contributed by atoms with Crippen LogP contribution in [0.3, 0.4) is 0 Å². The van der Waals surface area contributed by atoms with Crippen molar-refractivity contribution in [2.45, 2.75) is 25.2 Å². The third kappa shape index (κ3) is 5.60. The number of nitrogens with zero attached hydrogens (tertiary/aromatic N) is 2. The molecule has 0 aromatic heterocycles. The van der Waals surface area contributed by atoms with E-state index < -0.39 is 0 Å². The Morgan fingerprint density at radius 1 is 0.784 bits per heavy atom. The average Bonchev–Trinajstić information content (AvgIpc) is 3.36. The molecular weight excluding hydrogens is 458 g/mol. The maximum Gasteiger partial charge on any atom is 0.253 e. The number of carbonyl (C=O) groups is 2. The summed E-state index contributed by atoms with van der Waals surface area (Å²) >= 11 is 0. The van der Waals surface area contributed by atoms with E-state index in [1.807, 2.05) is 94.7 Å². The first kappa shape index (κ1) is 24.8. The lowest BCUT2D eigenvalue weighted by Crippen LogP contribution is -2.48. The van der Waals surface area contributed by atoms with Crippen molar-refractivity contribution in [1.29, 1.82) is 0 Å². The van der Waals surface area contributed by atoms with Gasteiger partial charge in [0.25, 0.3) is 5.91 Å². The third-order valence-corrected chi connectivity index (χ3v) is 7.69. The minimum Gasteiger partial charge on any atom is -0.341 e. The molecule has 0 saturated carbocycles. The smallest absolute Gasteiger partial charge is 0.253 e. The maximum atomic E-state index is 13.4. The van der Waals surface area contributed by atoms with Crippen molar-refractivity contribution in [2.24, 2.45) is 11.1 Å². The highest BCUT2D eigenvalue weighted by Crippen LogP contribution is 2.40. The van der Waals surface area contributed by atoms with Gasteiger partial charge < -0.3 is 15.5 Å². The third-order valence-electron chi connectivity index (χ3n) is 7.69. The van der Waals surface area contributed by atoms with Crippen LogP contribution in [0.15, 0.2) is 84.9 Å². The van der Waals surface area contributed by atoms with E-state index in [-0.39, 0.29) is 23.1 Å². The van der Waals surface area contributed by atoms with Crippen LogP contribution in [0.1, 0.15) is 52.2 Å². The van der Waals surface area contributed by atoms with Gasteiger partial charge in [0.1, 0.15) is 0 Å². The zero-order chi connectivity index (χ0) is 25.7. The number of rotatable bonds is 4. The molecule has 2 atom stereocenters. The molecule has 3 aromatic rings. The summed E-state index contributed by atoms with van der Waals surface area (Å²) in [6.07, 6.45) is 2.91. The van der Waals surface area contributed by atoms with Gasteiger partial charge in [-0.3, -0.25) is 9.59 Å². The molecule has 5 rings (SSSR count). The van der Waals surface area contributed by atoms with Gasteiger partial charge in [0.15, 0.2) is 0 Å². The van der Waals surface area contributed by atoms with Gasteiger partial charge in [0, 0.05) is 54.8 Å². The summed E-state index contributed by atoms with van der Waals surface area (Å²) in [5.41, 5.74) is 9.47. The van der Waals surface area contributed by atoms with Crippen molar-refractivity contribution in [3.63, 3.8) is 0 Å². The quantitative estimate of drug-likeness (QED) is 0.554. The first-order chi connectivity index (χ1) is 18.1. The summed E-state index contributed by atoms with van der Waals surface area (Å²) < 4.78 is 0. The van der Waals surface area contributed by atoms with Crippen LogP contribution in [0.2, 0.25) is 0 Å². The molecule has 0 bridgehead atoms. The summed E-state index contributed by atoms with van der Waals surface area (Å²) in [6, 6.07) is 27.2. The number of hydrogen-bond acceptors (Lipinski definition) is 3.